The van der Waals surface area contributed by atoms with Gasteiger partial charge in [-0.1, -0.05) is 41.5 Å². The molecule has 0 bridgehead atoms. The number of rotatable bonds is 2. The van der Waals surface area contributed by atoms with E-state index in [1.54, 1.807) is 0 Å². The van der Waals surface area contributed by atoms with Crippen LogP contribution in [-0.4, -0.2) is 31.9 Å². The van der Waals surface area contributed by atoms with Gasteiger partial charge in [0.2, 0.25) is 0 Å². The van der Waals surface area contributed by atoms with E-state index in [1.807, 2.05) is 55.4 Å². The van der Waals surface area contributed by atoms with Crippen LogP contribution in [0.1, 0.15) is 83.7 Å². The van der Waals surface area contributed by atoms with Gasteiger partial charge in [0, 0.05) is 9.75 Å². The number of hydrogen-bond acceptors (Lipinski definition) is 10. The number of carbonyl (C=O) groups excluding carboxylic acids is 2. The summed E-state index contributed by atoms with van der Waals surface area (Å²) >= 11 is 2.71. The number of aromatic amines is 2. The van der Waals surface area contributed by atoms with Gasteiger partial charge in [0.05, 0.1) is 10.8 Å². The molecule has 0 saturated carbocycles. The fourth-order valence-corrected chi connectivity index (χ4v) is 6.39. The summed E-state index contributed by atoms with van der Waals surface area (Å²) in [7, 11) is 0. The van der Waals surface area contributed by atoms with Crippen molar-refractivity contribution in [3.63, 3.8) is 0 Å². The van der Waals surface area contributed by atoms with Crippen molar-refractivity contribution in [3.05, 3.63) is 53.2 Å². The molecule has 0 unspecified atom stereocenters. The van der Waals surface area contributed by atoms with Crippen molar-refractivity contribution in [2.24, 2.45) is 0 Å². The van der Waals surface area contributed by atoms with Crippen molar-refractivity contribution in [2.75, 3.05) is 0 Å². The Kier molecular flexibility index (Phi) is 12.5. The summed E-state index contributed by atoms with van der Waals surface area (Å²) in [6.45, 7) is 16.0. The van der Waals surface area contributed by atoms with Gasteiger partial charge in [0.25, 0.3) is 11.1 Å². The predicted molar refractivity (Wildman–Crippen MR) is 136 cm³/mol. The molecule has 4 rings (SSSR count). The zero-order chi connectivity index (χ0) is 27.3. The molecule has 38 heavy (non-hydrogen) atoms. The number of fused-ring (bicyclic) bond motifs is 2. The SMILES string of the molecule is Cc1c(C(C)(C)C)sc2nc(C(=O)[O-])[nH]c(=O)c12.Cc1c(C(C)(C)C)sc2nc(C(=O)[O-])[nH]c(=O)c12.[K+].[K+]. The maximum absolute atomic E-state index is 11.9. The van der Waals surface area contributed by atoms with Crippen molar-refractivity contribution in [1.82, 2.24) is 19.9 Å². The molecule has 4 aromatic rings. The molecular weight excluding hydrogens is 583 g/mol. The Bertz CT molecular complexity index is 1520. The van der Waals surface area contributed by atoms with E-state index in [4.69, 9.17) is 0 Å². The number of carbonyl (C=O) groups is 2. The van der Waals surface area contributed by atoms with Crippen LogP contribution in [0.4, 0.5) is 0 Å². The van der Waals surface area contributed by atoms with E-state index in [0.717, 1.165) is 20.9 Å². The molecule has 2 N–H and O–H groups in total. The van der Waals surface area contributed by atoms with Crippen LogP contribution in [0.15, 0.2) is 9.59 Å². The van der Waals surface area contributed by atoms with Gasteiger partial charge >= 0.3 is 103 Å². The zero-order valence-corrected chi connectivity index (χ0v) is 31.0. The van der Waals surface area contributed by atoms with E-state index >= 15 is 0 Å². The average Bonchev–Trinajstić information content (AvgIpc) is 3.26. The minimum absolute atomic E-state index is 0. The molecule has 0 spiro atoms. The van der Waals surface area contributed by atoms with Gasteiger partial charge < -0.3 is 29.8 Å². The molecule has 0 aliphatic heterocycles. The molecule has 0 aromatic carbocycles. The Labute approximate surface area is 311 Å². The standard InChI is InChI=1S/2C12H14N2O3S.2K/c2*1-5-6-9(15)13-8(11(16)17)14-10(6)18-7(5)12(2,3)4;;/h2*1-4H3,(H,16,17)(H,13,14,15);;/q;;2*+1/p-2. The van der Waals surface area contributed by atoms with E-state index in [-0.39, 0.29) is 114 Å². The van der Waals surface area contributed by atoms with Crippen molar-refractivity contribution in [2.45, 2.75) is 66.2 Å². The molecule has 192 valence electrons. The number of nitrogens with one attached hydrogen (secondary N) is 2. The van der Waals surface area contributed by atoms with Crippen LogP contribution in [0, 0.1) is 13.8 Å². The van der Waals surface area contributed by atoms with E-state index < -0.39 is 34.7 Å². The van der Waals surface area contributed by atoms with Crippen LogP contribution < -0.4 is 124 Å². The molecule has 4 heterocycles. The summed E-state index contributed by atoms with van der Waals surface area (Å²) < 4.78 is 0. The summed E-state index contributed by atoms with van der Waals surface area (Å²) in [5.41, 5.74) is 0.654. The van der Waals surface area contributed by atoms with Gasteiger partial charge in [0.15, 0.2) is 11.6 Å². The van der Waals surface area contributed by atoms with Crippen molar-refractivity contribution < 1.29 is 123 Å². The number of hydrogen-bond donors (Lipinski definition) is 2. The minimum atomic E-state index is -1.47. The zero-order valence-electron chi connectivity index (χ0n) is 23.2. The number of aryl methyl sites for hydroxylation is 2. The summed E-state index contributed by atoms with van der Waals surface area (Å²) in [6.07, 6.45) is 0. The third kappa shape index (κ3) is 7.59. The summed E-state index contributed by atoms with van der Waals surface area (Å²) in [6, 6.07) is 0. The van der Waals surface area contributed by atoms with E-state index in [1.165, 1.54) is 22.7 Å². The molecular formula is C24H26K2N4O6S2. The van der Waals surface area contributed by atoms with Crippen LogP contribution in [-0.2, 0) is 10.8 Å². The first-order valence-corrected chi connectivity index (χ1v) is 12.6. The van der Waals surface area contributed by atoms with Gasteiger partial charge in [-0.15, -0.1) is 22.7 Å². The van der Waals surface area contributed by atoms with Crippen LogP contribution in [0.2, 0.25) is 0 Å². The third-order valence-corrected chi connectivity index (χ3v) is 8.57. The predicted octanol–water partition coefficient (Wildman–Crippen LogP) is -4.08. The second-order valence-corrected chi connectivity index (χ2v) is 12.4. The summed E-state index contributed by atoms with van der Waals surface area (Å²) in [5.74, 6) is -3.79. The van der Waals surface area contributed by atoms with Gasteiger partial charge in [-0.2, -0.15) is 0 Å². The second-order valence-electron chi connectivity index (χ2n) is 10.4. The van der Waals surface area contributed by atoms with Gasteiger partial charge in [-0.25, -0.2) is 9.97 Å². The summed E-state index contributed by atoms with van der Waals surface area (Å²) in [4.78, 5) is 60.5. The molecule has 14 heteroatoms. The average molecular weight is 609 g/mol. The Hall–Kier alpha value is -0.107. The number of nitrogens with zero attached hydrogens (tertiary/aromatic N) is 2. The maximum atomic E-state index is 11.9. The Morgan fingerprint density at radius 2 is 0.974 bits per heavy atom. The monoisotopic (exact) mass is 608 g/mol. The maximum Gasteiger partial charge on any atom is 1.00 e. The topological polar surface area (TPSA) is 172 Å². The number of aromatic carboxylic acids is 2. The normalized spacial score (nSPS) is 11.4. The number of carboxylic acid groups (broad SMARTS) is 2. The second kappa shape index (κ2) is 13.2. The largest absolute Gasteiger partial charge is 1.00 e. The Morgan fingerprint density at radius 3 is 1.21 bits per heavy atom. The molecule has 4 aromatic heterocycles. The molecule has 0 aliphatic carbocycles. The first kappa shape index (κ1) is 35.9. The van der Waals surface area contributed by atoms with E-state index in [9.17, 15) is 29.4 Å². The van der Waals surface area contributed by atoms with Crippen molar-refractivity contribution in [1.29, 1.82) is 0 Å². The number of H-pyrrole nitrogens is 2. The van der Waals surface area contributed by atoms with E-state index in [0.29, 0.717) is 20.4 Å². The van der Waals surface area contributed by atoms with Crippen LogP contribution in [0.5, 0.6) is 0 Å². The fourth-order valence-electron chi connectivity index (χ4n) is 3.91. The van der Waals surface area contributed by atoms with Crippen LogP contribution in [0.3, 0.4) is 0 Å². The number of aromatic nitrogens is 4. The van der Waals surface area contributed by atoms with Crippen molar-refractivity contribution >= 4 is 55.0 Å². The van der Waals surface area contributed by atoms with Gasteiger partial charge in [0.1, 0.15) is 21.6 Å². The minimum Gasteiger partial charge on any atom is -0.542 e. The first-order chi connectivity index (χ1) is 16.4. The molecule has 10 nitrogen and oxygen atoms in total. The fraction of sp³-hybridized carbons (Fsp3) is 0.417. The molecule has 0 radical (unpaired) electrons. The molecule has 0 saturated heterocycles. The Morgan fingerprint density at radius 1 is 0.684 bits per heavy atom. The van der Waals surface area contributed by atoms with Gasteiger partial charge in [-0.3, -0.25) is 9.59 Å². The van der Waals surface area contributed by atoms with Crippen LogP contribution >= 0.6 is 22.7 Å². The molecule has 0 aliphatic rings. The smallest absolute Gasteiger partial charge is 0.542 e. The van der Waals surface area contributed by atoms with Crippen LogP contribution in [0.25, 0.3) is 20.4 Å². The molecule has 0 atom stereocenters. The molecule has 0 fully saturated rings. The number of carboxylic acids is 2. The third-order valence-electron chi connectivity index (χ3n) is 5.35. The van der Waals surface area contributed by atoms with E-state index in [2.05, 4.69) is 19.9 Å². The van der Waals surface area contributed by atoms with Gasteiger partial charge in [-0.05, 0) is 35.8 Å². The molecule has 0 amide bonds. The van der Waals surface area contributed by atoms with Crippen molar-refractivity contribution in [3.8, 4) is 0 Å². The summed E-state index contributed by atoms with van der Waals surface area (Å²) in [5, 5.41) is 22.4. The Balaban J connectivity index is 0.000000361. The quantitative estimate of drug-likeness (QED) is 0.216. The number of thiophene rings is 2. The first-order valence-electron chi connectivity index (χ1n) is 10.9.